The Kier molecular flexibility index (Phi) is 2.40. The molecule has 15 heavy (non-hydrogen) atoms. The zero-order valence-corrected chi connectivity index (χ0v) is 7.74. The number of hydrogen-bond acceptors (Lipinski definition) is 4. The maximum Gasteiger partial charge on any atom is 0.432 e. The van der Waals surface area contributed by atoms with Crippen molar-refractivity contribution < 1.29 is 9.90 Å². The summed E-state index contributed by atoms with van der Waals surface area (Å²) in [6.07, 6.45) is 3.98. The molecule has 0 spiro atoms. The fraction of sp³-hybridized carbons (Fsp3) is 0.111. The smallest absolute Gasteiger partial charge is 0.432 e. The van der Waals surface area contributed by atoms with Gasteiger partial charge in [-0.2, -0.15) is 20.0 Å². The molecule has 2 aromatic rings. The predicted molar refractivity (Wildman–Crippen MR) is 50.5 cm³/mol. The minimum absolute atomic E-state index is 0.529. The minimum Gasteiger partial charge on any atom is -0.463 e. The summed E-state index contributed by atoms with van der Waals surface area (Å²) in [4.78, 5) is 10.5. The van der Waals surface area contributed by atoms with E-state index in [1.54, 1.807) is 12.3 Å². The van der Waals surface area contributed by atoms with Gasteiger partial charge >= 0.3 is 6.09 Å². The molecule has 0 saturated carbocycles. The Morgan fingerprint density at radius 3 is 3.00 bits per heavy atom. The Morgan fingerprint density at radius 2 is 2.40 bits per heavy atom. The summed E-state index contributed by atoms with van der Waals surface area (Å²) in [5.74, 6) is 0. The van der Waals surface area contributed by atoms with Crippen LogP contribution in [-0.4, -0.2) is 31.2 Å². The molecule has 2 rings (SSSR count). The molecular weight excluding hydrogens is 196 g/mol. The largest absolute Gasteiger partial charge is 0.463 e. The van der Waals surface area contributed by atoms with Crippen molar-refractivity contribution in [2.45, 2.75) is 6.42 Å². The molecule has 0 unspecified atom stereocenters. The van der Waals surface area contributed by atoms with Crippen molar-refractivity contribution in [1.82, 2.24) is 20.0 Å². The van der Waals surface area contributed by atoms with Gasteiger partial charge in [0, 0.05) is 18.8 Å². The number of carbonyl (C=O) groups is 1. The van der Waals surface area contributed by atoms with Crippen molar-refractivity contribution in [3.63, 3.8) is 0 Å². The fourth-order valence-corrected chi connectivity index (χ4v) is 1.19. The van der Waals surface area contributed by atoms with Crippen molar-refractivity contribution in [2.75, 3.05) is 0 Å². The van der Waals surface area contributed by atoms with Crippen LogP contribution in [0.1, 0.15) is 11.3 Å². The highest BCUT2D eigenvalue weighted by Crippen LogP contribution is 2.04. The molecule has 0 atom stereocenters. The molecule has 6 heteroatoms. The van der Waals surface area contributed by atoms with Crippen LogP contribution in [-0.2, 0) is 6.42 Å². The fourth-order valence-electron chi connectivity index (χ4n) is 1.19. The van der Waals surface area contributed by atoms with Crippen LogP contribution in [0.3, 0.4) is 0 Å². The van der Waals surface area contributed by atoms with E-state index in [2.05, 4.69) is 15.3 Å². The minimum atomic E-state index is -1.10. The molecule has 0 bridgehead atoms. The lowest BCUT2D eigenvalue weighted by Gasteiger charge is -1.94. The second-order valence-electron chi connectivity index (χ2n) is 2.97. The van der Waals surface area contributed by atoms with E-state index in [1.165, 1.54) is 12.4 Å². The van der Waals surface area contributed by atoms with E-state index in [0.717, 1.165) is 15.9 Å². The molecule has 0 amide bonds. The van der Waals surface area contributed by atoms with Gasteiger partial charge in [0.1, 0.15) is 0 Å². The van der Waals surface area contributed by atoms with E-state index in [-0.39, 0.29) is 0 Å². The van der Waals surface area contributed by atoms with E-state index in [9.17, 15) is 4.79 Å². The first kappa shape index (κ1) is 9.32. The first-order valence-corrected chi connectivity index (χ1v) is 4.29. The van der Waals surface area contributed by atoms with Crippen molar-refractivity contribution in [3.8, 4) is 0 Å². The van der Waals surface area contributed by atoms with Crippen LogP contribution in [0.25, 0.3) is 0 Å². The zero-order chi connectivity index (χ0) is 10.7. The Morgan fingerprint density at radius 1 is 1.53 bits per heavy atom. The first-order chi connectivity index (χ1) is 7.25. The molecule has 0 aliphatic rings. The second kappa shape index (κ2) is 3.87. The average molecular weight is 204 g/mol. The van der Waals surface area contributed by atoms with E-state index in [1.807, 2.05) is 6.07 Å². The van der Waals surface area contributed by atoms with Crippen LogP contribution in [0.5, 0.6) is 0 Å². The number of hydrogen-bond donors (Lipinski definition) is 1. The number of aromatic nitrogens is 4. The number of nitrogens with zero attached hydrogens (tertiary/aromatic N) is 4. The Labute approximate surface area is 85.2 Å². The summed E-state index contributed by atoms with van der Waals surface area (Å²) in [7, 11) is 0. The number of rotatable bonds is 2. The van der Waals surface area contributed by atoms with Gasteiger partial charge in [0.25, 0.3) is 0 Å². The standard InChI is InChI=1S/C9H8N4O2/c14-9(15)13-6-7(5-11-13)4-8-2-1-3-10-12-8/h1-3,5-6H,4H2,(H,14,15). The zero-order valence-electron chi connectivity index (χ0n) is 7.74. The maximum atomic E-state index is 10.5. The lowest BCUT2D eigenvalue weighted by molar-refractivity contribution is 0.192. The summed E-state index contributed by atoms with van der Waals surface area (Å²) in [5, 5.41) is 19.9. The Hall–Kier alpha value is -2.24. The molecule has 0 fully saturated rings. The van der Waals surface area contributed by atoms with Gasteiger partial charge in [-0.15, -0.1) is 0 Å². The van der Waals surface area contributed by atoms with Gasteiger partial charge < -0.3 is 5.11 Å². The monoisotopic (exact) mass is 204 g/mol. The van der Waals surface area contributed by atoms with Crippen LogP contribution < -0.4 is 0 Å². The summed E-state index contributed by atoms with van der Waals surface area (Å²) < 4.78 is 0.867. The van der Waals surface area contributed by atoms with Crippen molar-refractivity contribution in [2.24, 2.45) is 0 Å². The average Bonchev–Trinajstić information content (AvgIpc) is 2.68. The van der Waals surface area contributed by atoms with Gasteiger partial charge in [-0.25, -0.2) is 4.79 Å². The van der Waals surface area contributed by atoms with E-state index in [0.29, 0.717) is 6.42 Å². The molecular formula is C9H8N4O2. The number of carboxylic acid groups (broad SMARTS) is 1. The summed E-state index contributed by atoms with van der Waals surface area (Å²) in [5.41, 5.74) is 1.57. The SMILES string of the molecule is O=C(O)n1cc(Cc2cccnn2)cn1. The Balaban J connectivity index is 2.15. The lowest BCUT2D eigenvalue weighted by atomic mass is 10.2. The molecule has 6 nitrogen and oxygen atoms in total. The van der Waals surface area contributed by atoms with Crippen LogP contribution in [0, 0.1) is 0 Å². The maximum absolute atomic E-state index is 10.5. The van der Waals surface area contributed by atoms with E-state index in [4.69, 9.17) is 5.11 Å². The normalized spacial score (nSPS) is 10.1. The third kappa shape index (κ3) is 2.16. The highest BCUT2D eigenvalue weighted by Gasteiger charge is 2.05. The summed E-state index contributed by atoms with van der Waals surface area (Å²) in [6.45, 7) is 0. The summed E-state index contributed by atoms with van der Waals surface area (Å²) in [6, 6.07) is 3.61. The van der Waals surface area contributed by atoms with Gasteiger partial charge in [0.15, 0.2) is 0 Å². The molecule has 0 aliphatic carbocycles. The topological polar surface area (TPSA) is 80.9 Å². The predicted octanol–water partition coefficient (Wildman–Crippen LogP) is 0.790. The lowest BCUT2D eigenvalue weighted by Crippen LogP contribution is -2.07. The van der Waals surface area contributed by atoms with Crippen molar-refractivity contribution >= 4 is 6.09 Å². The molecule has 0 radical (unpaired) electrons. The third-order valence-electron chi connectivity index (χ3n) is 1.84. The third-order valence-corrected chi connectivity index (χ3v) is 1.84. The molecule has 0 aromatic carbocycles. The quantitative estimate of drug-likeness (QED) is 0.782. The van der Waals surface area contributed by atoms with Crippen LogP contribution in [0.4, 0.5) is 4.79 Å². The second-order valence-corrected chi connectivity index (χ2v) is 2.97. The van der Waals surface area contributed by atoms with Gasteiger partial charge in [-0.05, 0) is 17.7 Å². The first-order valence-electron chi connectivity index (χ1n) is 4.29. The van der Waals surface area contributed by atoms with Gasteiger partial charge in [0.2, 0.25) is 0 Å². The van der Waals surface area contributed by atoms with Gasteiger partial charge in [-0.1, -0.05) is 0 Å². The Bertz CT molecular complexity index is 466. The molecule has 0 saturated heterocycles. The highest BCUT2D eigenvalue weighted by atomic mass is 16.4. The molecule has 2 aromatic heterocycles. The molecule has 0 aliphatic heterocycles. The van der Waals surface area contributed by atoms with Crippen molar-refractivity contribution in [1.29, 1.82) is 0 Å². The van der Waals surface area contributed by atoms with Crippen LogP contribution in [0.15, 0.2) is 30.7 Å². The molecule has 1 N–H and O–H groups in total. The van der Waals surface area contributed by atoms with E-state index >= 15 is 0 Å². The van der Waals surface area contributed by atoms with E-state index < -0.39 is 6.09 Å². The van der Waals surface area contributed by atoms with Crippen molar-refractivity contribution in [3.05, 3.63) is 42.0 Å². The van der Waals surface area contributed by atoms with Crippen LogP contribution >= 0.6 is 0 Å². The molecule has 2 heterocycles. The highest BCUT2D eigenvalue weighted by molar-refractivity contribution is 5.66. The molecule has 76 valence electrons. The summed E-state index contributed by atoms with van der Waals surface area (Å²) >= 11 is 0. The van der Waals surface area contributed by atoms with Gasteiger partial charge in [0.05, 0.1) is 11.9 Å². The van der Waals surface area contributed by atoms with Gasteiger partial charge in [-0.3, -0.25) is 0 Å². The van der Waals surface area contributed by atoms with Crippen LogP contribution in [0.2, 0.25) is 0 Å².